The molecule has 0 saturated carbocycles. The quantitative estimate of drug-likeness (QED) is 0.822. The maximum absolute atomic E-state index is 12.0. The first kappa shape index (κ1) is 12.7. The summed E-state index contributed by atoms with van der Waals surface area (Å²) in [5, 5.41) is 3.08. The number of hydrogen-bond donors (Lipinski definition) is 1. The third-order valence-corrected chi connectivity index (χ3v) is 2.63. The van der Waals surface area contributed by atoms with E-state index in [2.05, 4.69) is 5.32 Å². The van der Waals surface area contributed by atoms with E-state index in [1.54, 1.807) is 0 Å². The Kier molecular flexibility index (Phi) is 4.99. The molecule has 0 aliphatic rings. The van der Waals surface area contributed by atoms with Crippen LogP contribution in [0.2, 0.25) is 0 Å². The van der Waals surface area contributed by atoms with Gasteiger partial charge in [0.25, 0.3) is 5.91 Å². The summed E-state index contributed by atoms with van der Waals surface area (Å²) in [4.78, 5) is 13.8. The average molecular weight is 220 g/mol. The summed E-state index contributed by atoms with van der Waals surface area (Å²) >= 11 is 0. The lowest BCUT2D eigenvalue weighted by atomic mass is 10.1. The zero-order valence-corrected chi connectivity index (χ0v) is 10.3. The standard InChI is InChI=1S/C13H20N2O/c1-4-15(5-2)13(16)12-8-6-11(7-9-12)10-14-3/h6-9,14H,4-5,10H2,1-3H3. The highest BCUT2D eigenvalue weighted by atomic mass is 16.2. The predicted octanol–water partition coefficient (Wildman–Crippen LogP) is 1.89. The zero-order chi connectivity index (χ0) is 12.0. The van der Waals surface area contributed by atoms with Crippen LogP contribution in [0.15, 0.2) is 24.3 Å². The molecule has 0 aromatic heterocycles. The van der Waals surface area contributed by atoms with Crippen LogP contribution in [0.25, 0.3) is 0 Å². The third-order valence-electron chi connectivity index (χ3n) is 2.63. The lowest BCUT2D eigenvalue weighted by Gasteiger charge is -2.18. The molecule has 0 fully saturated rings. The van der Waals surface area contributed by atoms with Crippen molar-refractivity contribution >= 4 is 5.91 Å². The summed E-state index contributed by atoms with van der Waals surface area (Å²) in [6.45, 7) is 6.34. The minimum atomic E-state index is 0.112. The second kappa shape index (κ2) is 6.28. The van der Waals surface area contributed by atoms with Gasteiger partial charge in [-0.3, -0.25) is 4.79 Å². The van der Waals surface area contributed by atoms with Crippen molar-refractivity contribution in [3.8, 4) is 0 Å². The molecular weight excluding hydrogens is 200 g/mol. The molecule has 3 nitrogen and oxygen atoms in total. The predicted molar refractivity (Wildman–Crippen MR) is 66.5 cm³/mol. The Labute approximate surface area is 97.5 Å². The van der Waals surface area contributed by atoms with Crippen molar-refractivity contribution in [2.45, 2.75) is 20.4 Å². The molecule has 0 atom stereocenters. The van der Waals surface area contributed by atoms with Crippen LogP contribution in [0.1, 0.15) is 29.8 Å². The van der Waals surface area contributed by atoms with E-state index in [9.17, 15) is 4.79 Å². The maximum Gasteiger partial charge on any atom is 0.253 e. The van der Waals surface area contributed by atoms with Gasteiger partial charge in [0.2, 0.25) is 0 Å². The molecule has 0 aliphatic heterocycles. The van der Waals surface area contributed by atoms with Crippen molar-refractivity contribution in [2.75, 3.05) is 20.1 Å². The van der Waals surface area contributed by atoms with Gasteiger partial charge >= 0.3 is 0 Å². The minimum Gasteiger partial charge on any atom is -0.339 e. The first-order valence-corrected chi connectivity index (χ1v) is 5.75. The first-order chi connectivity index (χ1) is 7.72. The number of nitrogens with zero attached hydrogens (tertiary/aromatic N) is 1. The Balaban J connectivity index is 2.76. The molecule has 88 valence electrons. The molecule has 16 heavy (non-hydrogen) atoms. The summed E-state index contributed by atoms with van der Waals surface area (Å²) in [5.41, 5.74) is 1.96. The second-order valence-electron chi connectivity index (χ2n) is 3.70. The molecule has 0 unspecified atom stereocenters. The highest BCUT2D eigenvalue weighted by Gasteiger charge is 2.11. The maximum atomic E-state index is 12.0. The minimum absolute atomic E-state index is 0.112. The molecule has 3 heteroatoms. The van der Waals surface area contributed by atoms with Crippen LogP contribution in [0.4, 0.5) is 0 Å². The van der Waals surface area contributed by atoms with Gasteiger partial charge in [0.05, 0.1) is 0 Å². The fourth-order valence-corrected chi connectivity index (χ4v) is 1.66. The van der Waals surface area contributed by atoms with E-state index in [1.165, 1.54) is 5.56 Å². The first-order valence-electron chi connectivity index (χ1n) is 5.75. The van der Waals surface area contributed by atoms with Crippen molar-refractivity contribution in [3.05, 3.63) is 35.4 Å². The second-order valence-corrected chi connectivity index (χ2v) is 3.70. The Morgan fingerprint density at radius 3 is 2.19 bits per heavy atom. The summed E-state index contributed by atoms with van der Waals surface area (Å²) in [5.74, 6) is 0.112. The van der Waals surface area contributed by atoms with Gasteiger partial charge in [-0.15, -0.1) is 0 Å². The molecule has 1 amide bonds. The van der Waals surface area contributed by atoms with Crippen LogP contribution in [0, 0.1) is 0 Å². The Hall–Kier alpha value is -1.35. The van der Waals surface area contributed by atoms with Gasteiger partial charge in [-0.25, -0.2) is 0 Å². The van der Waals surface area contributed by atoms with Crippen molar-refractivity contribution in [3.63, 3.8) is 0 Å². The van der Waals surface area contributed by atoms with Crippen LogP contribution in [-0.2, 0) is 6.54 Å². The van der Waals surface area contributed by atoms with Gasteiger partial charge in [-0.2, -0.15) is 0 Å². The van der Waals surface area contributed by atoms with Crippen molar-refractivity contribution in [2.24, 2.45) is 0 Å². The highest BCUT2D eigenvalue weighted by Crippen LogP contribution is 2.07. The van der Waals surface area contributed by atoms with Gasteiger partial charge in [0, 0.05) is 25.2 Å². The smallest absolute Gasteiger partial charge is 0.253 e. The van der Waals surface area contributed by atoms with E-state index in [0.29, 0.717) is 0 Å². The molecule has 1 aromatic carbocycles. The molecule has 1 N–H and O–H groups in total. The molecule has 0 heterocycles. The van der Waals surface area contributed by atoms with Crippen molar-refractivity contribution in [1.82, 2.24) is 10.2 Å². The number of rotatable bonds is 5. The fraction of sp³-hybridized carbons (Fsp3) is 0.462. The summed E-state index contributed by atoms with van der Waals surface area (Å²) in [7, 11) is 1.91. The molecule has 1 rings (SSSR count). The number of hydrogen-bond acceptors (Lipinski definition) is 2. The van der Waals surface area contributed by atoms with Crippen molar-refractivity contribution < 1.29 is 4.79 Å². The lowest BCUT2D eigenvalue weighted by molar-refractivity contribution is 0.0773. The topological polar surface area (TPSA) is 32.3 Å². The van der Waals surface area contributed by atoms with Crippen LogP contribution < -0.4 is 5.32 Å². The lowest BCUT2D eigenvalue weighted by Crippen LogP contribution is -2.30. The summed E-state index contributed by atoms with van der Waals surface area (Å²) in [6, 6.07) is 7.78. The molecule has 0 bridgehead atoms. The van der Waals surface area contributed by atoms with E-state index < -0.39 is 0 Å². The molecule has 0 spiro atoms. The number of nitrogens with one attached hydrogen (secondary N) is 1. The van der Waals surface area contributed by atoms with E-state index >= 15 is 0 Å². The summed E-state index contributed by atoms with van der Waals surface area (Å²) in [6.07, 6.45) is 0. The molecule has 0 aliphatic carbocycles. The fourth-order valence-electron chi connectivity index (χ4n) is 1.66. The number of carbonyl (C=O) groups excluding carboxylic acids is 1. The van der Waals surface area contributed by atoms with Crippen LogP contribution in [-0.4, -0.2) is 30.9 Å². The van der Waals surface area contributed by atoms with E-state index in [4.69, 9.17) is 0 Å². The molecule has 0 radical (unpaired) electrons. The Bertz CT molecular complexity index is 328. The van der Waals surface area contributed by atoms with Crippen LogP contribution in [0.3, 0.4) is 0 Å². The van der Waals surface area contributed by atoms with E-state index in [1.807, 2.05) is 50.1 Å². The number of carbonyl (C=O) groups is 1. The molecular formula is C13H20N2O. The SMILES string of the molecule is CCN(CC)C(=O)c1ccc(CNC)cc1. The van der Waals surface area contributed by atoms with E-state index in [0.717, 1.165) is 25.2 Å². The van der Waals surface area contributed by atoms with E-state index in [-0.39, 0.29) is 5.91 Å². The monoisotopic (exact) mass is 220 g/mol. The molecule has 1 aromatic rings. The molecule has 0 saturated heterocycles. The van der Waals surface area contributed by atoms with Crippen molar-refractivity contribution in [1.29, 1.82) is 0 Å². The summed E-state index contributed by atoms with van der Waals surface area (Å²) < 4.78 is 0. The largest absolute Gasteiger partial charge is 0.339 e. The van der Waals surface area contributed by atoms with Gasteiger partial charge < -0.3 is 10.2 Å². The number of benzene rings is 1. The van der Waals surface area contributed by atoms with Gasteiger partial charge in [0.15, 0.2) is 0 Å². The van der Waals surface area contributed by atoms with Crippen LogP contribution >= 0.6 is 0 Å². The van der Waals surface area contributed by atoms with Gasteiger partial charge in [-0.05, 0) is 38.6 Å². The average Bonchev–Trinajstić information content (AvgIpc) is 2.32. The number of amides is 1. The zero-order valence-electron chi connectivity index (χ0n) is 10.3. The third kappa shape index (κ3) is 3.07. The van der Waals surface area contributed by atoms with Gasteiger partial charge in [0.1, 0.15) is 0 Å². The van der Waals surface area contributed by atoms with Gasteiger partial charge in [-0.1, -0.05) is 12.1 Å². The Morgan fingerprint density at radius 2 is 1.75 bits per heavy atom. The van der Waals surface area contributed by atoms with Crippen LogP contribution in [0.5, 0.6) is 0 Å². The normalized spacial score (nSPS) is 10.2. The Morgan fingerprint density at radius 1 is 1.19 bits per heavy atom. The highest BCUT2D eigenvalue weighted by molar-refractivity contribution is 5.94.